The second-order valence-electron chi connectivity index (χ2n) is 7.53. The van der Waals surface area contributed by atoms with Crippen LogP contribution in [-0.2, 0) is 19.5 Å². The van der Waals surface area contributed by atoms with E-state index in [-0.39, 0.29) is 0 Å². The van der Waals surface area contributed by atoms with E-state index >= 15 is 0 Å². The minimum atomic E-state index is 0.426. The predicted molar refractivity (Wildman–Crippen MR) is 115 cm³/mol. The van der Waals surface area contributed by atoms with Crippen molar-refractivity contribution in [3.05, 3.63) is 54.5 Å². The molecular weight excluding hydrogens is 362 g/mol. The Balaban J connectivity index is 1.51. The Bertz CT molecular complexity index is 937. The Labute approximate surface area is 172 Å². The summed E-state index contributed by atoms with van der Waals surface area (Å²) in [5.41, 5.74) is 2.08. The second-order valence-corrected chi connectivity index (χ2v) is 7.53. The monoisotopic (exact) mass is 391 g/mol. The fraction of sp³-hybridized carbons (Fsp3) is 0.455. The molecule has 0 aromatic carbocycles. The fourth-order valence-corrected chi connectivity index (χ4v) is 3.86. The highest BCUT2D eigenvalue weighted by Crippen LogP contribution is 2.23. The number of aromatic nitrogens is 5. The van der Waals surface area contributed by atoms with E-state index in [1.165, 1.54) is 0 Å². The number of rotatable bonds is 6. The zero-order chi connectivity index (χ0) is 20.2. The van der Waals surface area contributed by atoms with Crippen molar-refractivity contribution in [2.45, 2.75) is 46.3 Å². The molecule has 4 heterocycles. The highest BCUT2D eigenvalue weighted by Gasteiger charge is 2.26. The Hall–Kier alpha value is -2.80. The van der Waals surface area contributed by atoms with Crippen LogP contribution in [0.25, 0.3) is 11.4 Å². The van der Waals surface area contributed by atoms with Crippen LogP contribution >= 0.6 is 0 Å². The summed E-state index contributed by atoms with van der Waals surface area (Å²) in [5.74, 6) is 2.94. The number of piperazine rings is 1. The maximum absolute atomic E-state index is 4.89. The first kappa shape index (κ1) is 19.5. The van der Waals surface area contributed by atoms with Crippen molar-refractivity contribution in [1.29, 1.82) is 0 Å². The van der Waals surface area contributed by atoms with Gasteiger partial charge in [-0.3, -0.25) is 9.88 Å². The number of nitrogens with zero attached hydrogens (tertiary/aromatic N) is 7. The molecule has 0 radical (unpaired) electrons. The first-order valence-corrected chi connectivity index (χ1v) is 10.4. The zero-order valence-corrected chi connectivity index (χ0v) is 17.5. The van der Waals surface area contributed by atoms with Crippen LogP contribution in [0.4, 0.5) is 5.82 Å². The maximum Gasteiger partial charge on any atom is 0.161 e. The molecule has 0 spiro atoms. The van der Waals surface area contributed by atoms with Crippen LogP contribution in [0, 0.1) is 0 Å². The molecule has 1 unspecified atom stereocenters. The minimum Gasteiger partial charge on any atom is -0.354 e. The number of imidazole rings is 1. The molecule has 1 aliphatic rings. The van der Waals surface area contributed by atoms with Gasteiger partial charge in [0.25, 0.3) is 0 Å². The van der Waals surface area contributed by atoms with Crippen LogP contribution < -0.4 is 4.90 Å². The van der Waals surface area contributed by atoms with Crippen LogP contribution in [-0.4, -0.2) is 55.1 Å². The van der Waals surface area contributed by atoms with Gasteiger partial charge in [0.15, 0.2) is 5.82 Å². The van der Waals surface area contributed by atoms with E-state index in [0.29, 0.717) is 6.04 Å². The summed E-state index contributed by atoms with van der Waals surface area (Å²) in [4.78, 5) is 23.2. The molecule has 7 nitrogen and oxygen atoms in total. The van der Waals surface area contributed by atoms with Gasteiger partial charge in [-0.1, -0.05) is 6.92 Å². The molecule has 0 bridgehead atoms. The third-order valence-corrected chi connectivity index (χ3v) is 5.64. The van der Waals surface area contributed by atoms with Crippen LogP contribution in [0.5, 0.6) is 0 Å². The van der Waals surface area contributed by atoms with E-state index in [4.69, 9.17) is 9.97 Å². The number of anilines is 1. The molecular formula is C22H29N7. The average molecular weight is 392 g/mol. The smallest absolute Gasteiger partial charge is 0.161 e. The van der Waals surface area contributed by atoms with Crippen molar-refractivity contribution in [1.82, 2.24) is 29.4 Å². The van der Waals surface area contributed by atoms with E-state index in [1.807, 2.05) is 18.3 Å². The summed E-state index contributed by atoms with van der Waals surface area (Å²) in [6, 6.07) is 6.50. The molecule has 152 valence electrons. The molecule has 3 aromatic rings. The molecule has 0 aliphatic carbocycles. The van der Waals surface area contributed by atoms with Gasteiger partial charge in [-0.05, 0) is 32.4 Å². The third-order valence-electron chi connectivity index (χ3n) is 5.64. The molecule has 1 fully saturated rings. The van der Waals surface area contributed by atoms with Crippen molar-refractivity contribution < 1.29 is 0 Å². The summed E-state index contributed by atoms with van der Waals surface area (Å²) in [5, 5.41) is 0. The van der Waals surface area contributed by atoms with Gasteiger partial charge < -0.3 is 9.47 Å². The lowest BCUT2D eigenvalue weighted by Crippen LogP contribution is -2.52. The summed E-state index contributed by atoms with van der Waals surface area (Å²) in [7, 11) is 0. The highest BCUT2D eigenvalue weighted by atomic mass is 15.3. The van der Waals surface area contributed by atoms with Gasteiger partial charge in [0.2, 0.25) is 0 Å². The van der Waals surface area contributed by atoms with E-state index in [1.54, 1.807) is 12.4 Å². The molecule has 7 heteroatoms. The SMILES string of the molecule is CCc1cc(N2CCN(Cc3nccn3CC)C(C)C2)nc(-c2ccncc2)n1. The number of hydrogen-bond donors (Lipinski definition) is 0. The van der Waals surface area contributed by atoms with Crippen LogP contribution in [0.1, 0.15) is 32.3 Å². The van der Waals surface area contributed by atoms with Gasteiger partial charge in [0.1, 0.15) is 11.6 Å². The van der Waals surface area contributed by atoms with E-state index < -0.39 is 0 Å². The first-order valence-electron chi connectivity index (χ1n) is 10.4. The molecule has 0 N–H and O–H groups in total. The van der Waals surface area contributed by atoms with Crippen LogP contribution in [0.15, 0.2) is 43.0 Å². The zero-order valence-electron chi connectivity index (χ0n) is 17.5. The van der Waals surface area contributed by atoms with Gasteiger partial charge in [0.05, 0.1) is 6.54 Å². The summed E-state index contributed by atoms with van der Waals surface area (Å²) < 4.78 is 2.22. The van der Waals surface area contributed by atoms with E-state index in [2.05, 4.69) is 57.4 Å². The largest absolute Gasteiger partial charge is 0.354 e. The molecule has 3 aromatic heterocycles. The van der Waals surface area contributed by atoms with Crippen molar-refractivity contribution >= 4 is 5.82 Å². The van der Waals surface area contributed by atoms with Crippen molar-refractivity contribution in [3.63, 3.8) is 0 Å². The highest BCUT2D eigenvalue weighted by molar-refractivity contribution is 5.57. The van der Waals surface area contributed by atoms with Gasteiger partial charge in [-0.15, -0.1) is 0 Å². The van der Waals surface area contributed by atoms with Gasteiger partial charge >= 0.3 is 0 Å². The lowest BCUT2D eigenvalue weighted by atomic mass is 10.1. The van der Waals surface area contributed by atoms with Crippen molar-refractivity contribution in [2.75, 3.05) is 24.5 Å². The van der Waals surface area contributed by atoms with E-state index in [0.717, 1.165) is 67.9 Å². The van der Waals surface area contributed by atoms with Gasteiger partial charge in [0, 0.05) is 74.3 Å². The van der Waals surface area contributed by atoms with E-state index in [9.17, 15) is 0 Å². The standard InChI is InChI=1S/C22H29N7/c1-4-19-14-20(26-22(25-19)18-6-8-23-9-7-18)29-13-12-28(17(3)15-29)16-21-24-10-11-27(21)5-2/h6-11,14,17H,4-5,12-13,15-16H2,1-3H3. The summed E-state index contributed by atoms with van der Waals surface area (Å²) in [6.45, 7) is 11.3. The third kappa shape index (κ3) is 4.29. The number of hydrogen-bond acceptors (Lipinski definition) is 6. The number of pyridine rings is 1. The molecule has 0 amide bonds. The topological polar surface area (TPSA) is 63.0 Å². The maximum atomic E-state index is 4.89. The molecule has 1 saturated heterocycles. The summed E-state index contributed by atoms with van der Waals surface area (Å²) in [6.07, 6.45) is 8.43. The first-order chi connectivity index (χ1) is 14.2. The Kier molecular flexibility index (Phi) is 5.85. The lowest BCUT2D eigenvalue weighted by Gasteiger charge is -2.40. The molecule has 1 aliphatic heterocycles. The Morgan fingerprint density at radius 1 is 1.07 bits per heavy atom. The Morgan fingerprint density at radius 3 is 2.62 bits per heavy atom. The lowest BCUT2D eigenvalue weighted by molar-refractivity contribution is 0.174. The molecule has 29 heavy (non-hydrogen) atoms. The normalized spacial score (nSPS) is 17.6. The minimum absolute atomic E-state index is 0.426. The van der Waals surface area contributed by atoms with Crippen molar-refractivity contribution in [2.24, 2.45) is 0 Å². The molecule has 0 saturated carbocycles. The average Bonchev–Trinajstić information content (AvgIpc) is 3.22. The van der Waals surface area contributed by atoms with Gasteiger partial charge in [-0.25, -0.2) is 15.0 Å². The second kappa shape index (κ2) is 8.69. The van der Waals surface area contributed by atoms with Gasteiger partial charge in [-0.2, -0.15) is 0 Å². The predicted octanol–water partition coefficient (Wildman–Crippen LogP) is 3.03. The molecule has 1 atom stereocenters. The van der Waals surface area contributed by atoms with Crippen LogP contribution in [0.2, 0.25) is 0 Å². The fourth-order valence-electron chi connectivity index (χ4n) is 3.86. The quantitative estimate of drug-likeness (QED) is 0.644. The summed E-state index contributed by atoms with van der Waals surface area (Å²) >= 11 is 0. The number of aryl methyl sites for hydroxylation is 2. The Morgan fingerprint density at radius 2 is 1.90 bits per heavy atom. The van der Waals surface area contributed by atoms with Crippen molar-refractivity contribution in [3.8, 4) is 11.4 Å². The van der Waals surface area contributed by atoms with Crippen LogP contribution in [0.3, 0.4) is 0 Å². The molecule has 4 rings (SSSR count).